The average Bonchev–Trinajstić information content (AvgIpc) is 2.55. The number of carbonyl (C=O) groups is 1. The van der Waals surface area contributed by atoms with Crippen molar-refractivity contribution < 1.29 is 19.4 Å². The topological polar surface area (TPSA) is 92.2 Å². The van der Waals surface area contributed by atoms with Gasteiger partial charge in [-0.3, -0.25) is 4.79 Å². The highest BCUT2D eigenvalue weighted by Crippen LogP contribution is 2.25. The number of aliphatic hydroxyl groups is 1. The first-order valence-corrected chi connectivity index (χ1v) is 7.24. The number of benzene rings is 1. The Kier molecular flexibility index (Phi) is 5.59. The molecule has 124 valence electrons. The first-order chi connectivity index (χ1) is 11.0. The third kappa shape index (κ3) is 4.69. The van der Waals surface area contributed by atoms with Crippen LogP contribution in [0.2, 0.25) is 0 Å². The fourth-order valence-corrected chi connectivity index (χ4v) is 2.12. The van der Waals surface area contributed by atoms with E-state index in [1.54, 1.807) is 24.3 Å². The summed E-state index contributed by atoms with van der Waals surface area (Å²) in [6, 6.07) is 8.95. The van der Waals surface area contributed by atoms with E-state index in [1.807, 2.05) is 6.07 Å². The van der Waals surface area contributed by atoms with Gasteiger partial charge in [0.1, 0.15) is 11.9 Å². The lowest BCUT2D eigenvalue weighted by molar-refractivity contribution is -0.117. The second-order valence-corrected chi connectivity index (χ2v) is 5.32. The number of hydrogen-bond donors (Lipinski definition) is 3. The van der Waals surface area contributed by atoms with Crippen LogP contribution in [0.3, 0.4) is 0 Å². The number of ether oxygens (including phenoxy) is 2. The second kappa shape index (κ2) is 7.45. The van der Waals surface area contributed by atoms with Gasteiger partial charge in [-0.05, 0) is 12.1 Å². The van der Waals surface area contributed by atoms with E-state index >= 15 is 0 Å². The van der Waals surface area contributed by atoms with Crippen molar-refractivity contribution in [3.05, 3.63) is 42.3 Å². The van der Waals surface area contributed by atoms with E-state index in [-0.39, 0.29) is 24.0 Å². The molecule has 1 aliphatic rings. The van der Waals surface area contributed by atoms with Crippen molar-refractivity contribution >= 4 is 29.0 Å². The highest BCUT2D eigenvalue weighted by molar-refractivity contribution is 6.25. The van der Waals surface area contributed by atoms with Crippen LogP contribution in [-0.4, -0.2) is 42.4 Å². The van der Waals surface area contributed by atoms with Crippen molar-refractivity contribution in [1.82, 2.24) is 5.32 Å². The van der Waals surface area contributed by atoms with Gasteiger partial charge in [-0.15, -0.1) is 0 Å². The van der Waals surface area contributed by atoms with Gasteiger partial charge < -0.3 is 25.2 Å². The van der Waals surface area contributed by atoms with E-state index in [0.29, 0.717) is 5.69 Å². The Hall–Kier alpha value is -2.09. The summed E-state index contributed by atoms with van der Waals surface area (Å²) in [6.07, 6.45) is 0.0225. The van der Waals surface area contributed by atoms with Crippen molar-refractivity contribution in [1.29, 1.82) is 0 Å². The molecule has 0 radical (unpaired) electrons. The number of carbonyl (C=O) groups excluding carboxylic acids is 1. The van der Waals surface area contributed by atoms with Gasteiger partial charge in [-0.1, -0.05) is 29.8 Å². The lowest BCUT2D eigenvalue weighted by Crippen LogP contribution is -2.43. The maximum atomic E-state index is 12.0. The fraction of sp³-hybridized carbons (Fsp3) is 0.333. The molecule has 23 heavy (non-hydrogen) atoms. The Morgan fingerprint density at radius 1 is 1.43 bits per heavy atom. The molecule has 0 aliphatic carbocycles. The minimum atomic E-state index is -1.48. The number of amidine groups is 1. The molecule has 0 spiro atoms. The molecule has 0 bridgehead atoms. The van der Waals surface area contributed by atoms with Crippen LogP contribution < -0.4 is 10.6 Å². The normalized spacial score (nSPS) is 21.6. The van der Waals surface area contributed by atoms with E-state index in [0.717, 1.165) is 0 Å². The molecule has 3 N–H and O–H groups in total. The number of para-hydroxylation sites is 1. The summed E-state index contributed by atoms with van der Waals surface area (Å²) in [6.45, 7) is 0. The molecule has 0 saturated heterocycles. The van der Waals surface area contributed by atoms with Gasteiger partial charge in [0.2, 0.25) is 5.91 Å². The largest absolute Gasteiger partial charge is 0.482 e. The maximum absolute atomic E-state index is 12.0. The van der Waals surface area contributed by atoms with Crippen molar-refractivity contribution in [2.75, 3.05) is 19.5 Å². The molecule has 0 fully saturated rings. The molecule has 7 nitrogen and oxygen atoms in total. The average molecular weight is 340 g/mol. The number of aliphatic imine (C=N–C) groups is 1. The quantitative estimate of drug-likeness (QED) is 0.538. The van der Waals surface area contributed by atoms with Crippen LogP contribution in [-0.2, 0) is 14.3 Å². The highest BCUT2D eigenvalue weighted by atomic mass is 35.5. The summed E-state index contributed by atoms with van der Waals surface area (Å²) in [7, 11) is 2.81. The van der Waals surface area contributed by atoms with Crippen LogP contribution in [0.25, 0.3) is 0 Å². The third-order valence-corrected chi connectivity index (χ3v) is 3.44. The molecule has 2 unspecified atom stereocenters. The van der Waals surface area contributed by atoms with E-state index in [2.05, 4.69) is 15.6 Å². The van der Waals surface area contributed by atoms with Gasteiger partial charge in [-0.2, -0.15) is 0 Å². The predicted octanol–water partition coefficient (Wildman–Crippen LogP) is 1.40. The standard InChI is InChI=1S/C15H18ClN3O4/c1-22-13-9-15(16,23-2)19-14(18-13)11(20)8-12(21)17-10-6-4-3-5-7-10/h3-7,9,11,20H,8H2,1-2H3,(H,17,21)(H,18,19). The molecule has 2 rings (SSSR count). The summed E-state index contributed by atoms with van der Waals surface area (Å²) >= 11 is 6.12. The molecular formula is C15H18ClN3O4. The van der Waals surface area contributed by atoms with Crippen LogP contribution >= 0.6 is 11.6 Å². The fourth-order valence-electron chi connectivity index (χ4n) is 1.93. The minimum absolute atomic E-state index is 0.0874. The van der Waals surface area contributed by atoms with Gasteiger partial charge >= 0.3 is 0 Å². The molecule has 2 atom stereocenters. The van der Waals surface area contributed by atoms with Crippen LogP contribution in [0.15, 0.2) is 47.3 Å². The highest BCUT2D eigenvalue weighted by Gasteiger charge is 2.32. The zero-order valence-electron chi connectivity index (χ0n) is 12.7. The van der Waals surface area contributed by atoms with E-state index in [1.165, 1.54) is 20.3 Å². The molecule has 1 aromatic rings. The van der Waals surface area contributed by atoms with Crippen LogP contribution in [0.4, 0.5) is 5.69 Å². The van der Waals surface area contributed by atoms with Gasteiger partial charge in [0.15, 0.2) is 5.88 Å². The summed E-state index contributed by atoms with van der Waals surface area (Å²) < 4.78 is 10.1. The van der Waals surface area contributed by atoms with E-state index in [4.69, 9.17) is 21.1 Å². The molecule has 8 heteroatoms. The Bertz CT molecular complexity index is 620. The number of nitrogens with one attached hydrogen (secondary N) is 2. The zero-order chi connectivity index (χ0) is 16.9. The number of rotatable bonds is 6. The lowest BCUT2D eigenvalue weighted by atomic mass is 10.2. The van der Waals surface area contributed by atoms with Gasteiger partial charge in [0.05, 0.1) is 13.5 Å². The number of methoxy groups -OCH3 is 2. The number of amides is 1. The summed E-state index contributed by atoms with van der Waals surface area (Å²) in [5, 5.41) is 14.2. The Labute approximate surface area is 139 Å². The first kappa shape index (κ1) is 17.3. The van der Waals surface area contributed by atoms with E-state index in [9.17, 15) is 9.90 Å². The molecule has 0 aromatic heterocycles. The molecule has 1 heterocycles. The second-order valence-electron chi connectivity index (χ2n) is 4.78. The van der Waals surface area contributed by atoms with Gasteiger partial charge in [-0.25, -0.2) is 4.99 Å². The molecule has 1 aliphatic heterocycles. The molecule has 0 saturated carbocycles. The number of nitrogens with zero attached hydrogens (tertiary/aromatic N) is 1. The number of alkyl halides is 1. The third-order valence-electron chi connectivity index (χ3n) is 3.09. The monoisotopic (exact) mass is 339 g/mol. The SMILES string of the molecule is COC1=CC(Cl)(OC)N=C(C(O)CC(=O)Nc2ccccc2)N1. The summed E-state index contributed by atoms with van der Waals surface area (Å²) in [5.41, 5.74) is 0.643. The summed E-state index contributed by atoms with van der Waals surface area (Å²) in [5.74, 6) is -0.00177. The Morgan fingerprint density at radius 3 is 2.74 bits per heavy atom. The van der Waals surface area contributed by atoms with Crippen molar-refractivity contribution in [3.63, 3.8) is 0 Å². The summed E-state index contributed by atoms with van der Waals surface area (Å²) in [4.78, 5) is 16.0. The van der Waals surface area contributed by atoms with Crippen LogP contribution in [0, 0.1) is 0 Å². The Balaban J connectivity index is 2.02. The van der Waals surface area contributed by atoms with E-state index < -0.39 is 11.3 Å². The minimum Gasteiger partial charge on any atom is -0.482 e. The van der Waals surface area contributed by atoms with Gasteiger partial charge in [0, 0.05) is 18.9 Å². The van der Waals surface area contributed by atoms with Crippen LogP contribution in [0.5, 0.6) is 0 Å². The number of anilines is 1. The van der Waals surface area contributed by atoms with Crippen LogP contribution in [0.1, 0.15) is 6.42 Å². The smallest absolute Gasteiger partial charge is 0.263 e. The molecule has 1 amide bonds. The molecular weight excluding hydrogens is 322 g/mol. The maximum Gasteiger partial charge on any atom is 0.263 e. The number of halogens is 1. The van der Waals surface area contributed by atoms with Gasteiger partial charge in [0.25, 0.3) is 5.18 Å². The number of hydrogen-bond acceptors (Lipinski definition) is 6. The van der Waals surface area contributed by atoms with Crippen molar-refractivity contribution in [3.8, 4) is 0 Å². The zero-order valence-corrected chi connectivity index (χ0v) is 13.5. The predicted molar refractivity (Wildman–Crippen MR) is 87.0 cm³/mol. The number of aliphatic hydroxyl groups excluding tert-OH is 1. The first-order valence-electron chi connectivity index (χ1n) is 6.86. The van der Waals surface area contributed by atoms with Crippen molar-refractivity contribution in [2.24, 2.45) is 4.99 Å². The lowest BCUT2D eigenvalue weighted by Gasteiger charge is -2.27. The Morgan fingerprint density at radius 2 is 2.13 bits per heavy atom. The van der Waals surface area contributed by atoms with Crippen molar-refractivity contribution in [2.45, 2.75) is 17.7 Å². The molecule has 1 aromatic carbocycles.